The second-order valence-electron chi connectivity index (χ2n) is 7.88. The summed E-state index contributed by atoms with van der Waals surface area (Å²) in [5, 5.41) is 33.8. The van der Waals surface area contributed by atoms with Crippen molar-refractivity contribution >= 4 is 23.4 Å². The van der Waals surface area contributed by atoms with Gasteiger partial charge in [-0.1, -0.05) is 0 Å². The van der Waals surface area contributed by atoms with Crippen LogP contribution >= 0.6 is 0 Å². The van der Waals surface area contributed by atoms with Gasteiger partial charge in [0.05, 0.1) is 25.2 Å². The van der Waals surface area contributed by atoms with Crippen molar-refractivity contribution in [3.63, 3.8) is 0 Å². The van der Waals surface area contributed by atoms with E-state index < -0.39 is 45.6 Å². The van der Waals surface area contributed by atoms with E-state index in [9.17, 15) is 30.1 Å². The molecule has 32 heavy (non-hydrogen) atoms. The number of carbonyl (C=O) groups excluding carboxylic acids is 2. The van der Waals surface area contributed by atoms with Crippen molar-refractivity contribution in [3.05, 3.63) is 33.4 Å². The number of methoxy groups -OCH3 is 2. The number of aliphatic hydroxyl groups excluding tert-OH is 1. The highest BCUT2D eigenvalue weighted by Crippen LogP contribution is 2.39. The zero-order valence-corrected chi connectivity index (χ0v) is 18.3. The summed E-state index contributed by atoms with van der Waals surface area (Å²) in [6, 6.07) is 3.33. The number of benzene rings is 1. The molecular weight excluding hydrogens is 424 g/mol. The molecule has 2 rings (SSSR count). The molecule has 2 N–H and O–H groups in total. The summed E-state index contributed by atoms with van der Waals surface area (Å²) < 4.78 is 15.3. The molecule has 1 aliphatic rings. The van der Waals surface area contributed by atoms with Gasteiger partial charge in [0.25, 0.3) is 5.91 Å². The molecule has 0 aromatic heterocycles. The summed E-state index contributed by atoms with van der Waals surface area (Å²) in [5.41, 5.74) is -2.00. The zero-order chi connectivity index (χ0) is 24.2. The Morgan fingerprint density at radius 2 is 1.91 bits per heavy atom. The van der Waals surface area contributed by atoms with Crippen LogP contribution in [0.2, 0.25) is 0 Å². The summed E-state index contributed by atoms with van der Waals surface area (Å²) in [6.45, 7) is 5.53. The summed E-state index contributed by atoms with van der Waals surface area (Å²) in [4.78, 5) is 36.5. The Morgan fingerprint density at radius 1 is 1.28 bits per heavy atom. The third kappa shape index (κ3) is 5.37. The lowest BCUT2D eigenvalue weighted by molar-refractivity contribution is -0.385. The van der Waals surface area contributed by atoms with E-state index in [1.54, 1.807) is 26.8 Å². The van der Waals surface area contributed by atoms with Gasteiger partial charge in [-0.2, -0.15) is 5.26 Å². The van der Waals surface area contributed by atoms with Gasteiger partial charge in [-0.05, 0) is 26.8 Å². The van der Waals surface area contributed by atoms with Crippen LogP contribution in [0.5, 0.6) is 11.5 Å². The minimum absolute atomic E-state index is 0.0621. The van der Waals surface area contributed by atoms with E-state index in [2.05, 4.69) is 5.32 Å². The molecule has 0 radical (unpaired) electrons. The lowest BCUT2D eigenvalue weighted by Crippen LogP contribution is -2.61. The van der Waals surface area contributed by atoms with E-state index in [1.165, 1.54) is 25.2 Å². The van der Waals surface area contributed by atoms with Crippen LogP contribution in [0.15, 0.2) is 17.7 Å². The minimum Gasteiger partial charge on any atom is -0.506 e. The number of likely N-dealkylation sites (tertiary alicyclic amines) is 1. The van der Waals surface area contributed by atoms with Gasteiger partial charge >= 0.3 is 11.8 Å². The number of aliphatic hydroxyl groups is 1. The van der Waals surface area contributed by atoms with Crippen LogP contribution in [0.4, 0.5) is 10.5 Å². The van der Waals surface area contributed by atoms with Crippen molar-refractivity contribution in [1.29, 1.82) is 5.26 Å². The molecular formula is C20H24N4O8. The molecule has 172 valence electrons. The SMILES string of the molecule is COc1cc(/C(O)=C(\C#N)C(=O)NC2CN(C(=O)OC(C)(C)C)C2)cc([N+](=O)[O-])c1OC. The summed E-state index contributed by atoms with van der Waals surface area (Å²) in [7, 11) is 2.46. The van der Waals surface area contributed by atoms with E-state index in [0.717, 1.165) is 6.07 Å². The van der Waals surface area contributed by atoms with Crippen molar-refractivity contribution in [3.8, 4) is 17.6 Å². The molecule has 1 heterocycles. The number of nitriles is 1. The van der Waals surface area contributed by atoms with Gasteiger partial charge in [-0.15, -0.1) is 0 Å². The molecule has 0 bridgehead atoms. The Morgan fingerprint density at radius 3 is 2.38 bits per heavy atom. The summed E-state index contributed by atoms with van der Waals surface area (Å²) >= 11 is 0. The van der Waals surface area contributed by atoms with E-state index >= 15 is 0 Å². The minimum atomic E-state index is -0.892. The number of nitro benzene ring substituents is 1. The average molecular weight is 448 g/mol. The molecule has 0 spiro atoms. The van der Waals surface area contributed by atoms with Gasteiger partial charge in [0, 0.05) is 24.7 Å². The van der Waals surface area contributed by atoms with Crippen LogP contribution in [0, 0.1) is 21.4 Å². The second-order valence-corrected chi connectivity index (χ2v) is 7.88. The highest BCUT2D eigenvalue weighted by atomic mass is 16.6. The number of amides is 2. The first-order valence-electron chi connectivity index (χ1n) is 9.44. The van der Waals surface area contributed by atoms with E-state index in [1.807, 2.05) is 0 Å². The maximum Gasteiger partial charge on any atom is 0.410 e. The van der Waals surface area contributed by atoms with Crippen molar-refractivity contribution in [2.75, 3.05) is 27.3 Å². The molecule has 1 aromatic carbocycles. The predicted octanol–water partition coefficient (Wildman–Crippen LogP) is 2.14. The molecule has 2 amide bonds. The molecule has 0 atom stereocenters. The van der Waals surface area contributed by atoms with Crippen LogP contribution in [0.25, 0.3) is 5.76 Å². The molecule has 1 aromatic rings. The number of nitrogens with zero attached hydrogens (tertiary/aromatic N) is 3. The van der Waals surface area contributed by atoms with Gasteiger partial charge in [0.15, 0.2) is 11.3 Å². The highest BCUT2D eigenvalue weighted by molar-refractivity contribution is 6.04. The smallest absolute Gasteiger partial charge is 0.410 e. The first-order chi connectivity index (χ1) is 14.9. The lowest BCUT2D eigenvalue weighted by atomic mass is 10.0. The number of ether oxygens (including phenoxy) is 3. The highest BCUT2D eigenvalue weighted by Gasteiger charge is 2.35. The average Bonchev–Trinajstić information content (AvgIpc) is 2.67. The van der Waals surface area contributed by atoms with E-state index in [4.69, 9.17) is 14.2 Å². The fraction of sp³-hybridized carbons (Fsp3) is 0.450. The van der Waals surface area contributed by atoms with Crippen molar-refractivity contribution in [2.45, 2.75) is 32.4 Å². The van der Waals surface area contributed by atoms with Gasteiger partial charge in [0.1, 0.15) is 17.4 Å². The lowest BCUT2D eigenvalue weighted by Gasteiger charge is -2.39. The number of hydrogen-bond donors (Lipinski definition) is 2. The fourth-order valence-corrected chi connectivity index (χ4v) is 2.88. The number of rotatable bonds is 6. The van der Waals surface area contributed by atoms with Crippen LogP contribution in [-0.4, -0.2) is 65.9 Å². The largest absolute Gasteiger partial charge is 0.506 e. The molecule has 1 aliphatic heterocycles. The van der Waals surface area contributed by atoms with E-state index in [0.29, 0.717) is 0 Å². The monoisotopic (exact) mass is 448 g/mol. The van der Waals surface area contributed by atoms with Crippen LogP contribution in [0.1, 0.15) is 26.3 Å². The number of hydrogen-bond acceptors (Lipinski definition) is 9. The van der Waals surface area contributed by atoms with Gasteiger partial charge in [-0.25, -0.2) is 4.79 Å². The van der Waals surface area contributed by atoms with Crippen LogP contribution in [-0.2, 0) is 9.53 Å². The van der Waals surface area contributed by atoms with Crippen LogP contribution in [0.3, 0.4) is 0 Å². The van der Waals surface area contributed by atoms with Gasteiger partial charge < -0.3 is 29.5 Å². The summed E-state index contributed by atoms with van der Waals surface area (Å²) in [6.07, 6.45) is -0.528. The quantitative estimate of drug-likeness (QED) is 0.218. The number of carbonyl (C=O) groups is 2. The molecule has 0 saturated carbocycles. The van der Waals surface area contributed by atoms with Gasteiger partial charge in [0.2, 0.25) is 5.75 Å². The zero-order valence-electron chi connectivity index (χ0n) is 18.3. The van der Waals surface area contributed by atoms with Crippen molar-refractivity contribution < 1.29 is 33.8 Å². The Balaban J connectivity index is 2.21. The second kappa shape index (κ2) is 9.42. The molecule has 0 aliphatic carbocycles. The summed E-state index contributed by atoms with van der Waals surface area (Å²) in [5.74, 6) is -1.89. The Labute approximate surface area is 184 Å². The van der Waals surface area contributed by atoms with Crippen LogP contribution < -0.4 is 14.8 Å². The predicted molar refractivity (Wildman–Crippen MR) is 111 cm³/mol. The Kier molecular flexibility index (Phi) is 7.14. The maximum absolute atomic E-state index is 12.5. The molecule has 0 unspecified atom stereocenters. The Hall–Kier alpha value is -4.01. The number of nitro groups is 1. The third-order valence-electron chi connectivity index (χ3n) is 4.37. The van der Waals surface area contributed by atoms with Crippen molar-refractivity contribution in [2.24, 2.45) is 0 Å². The van der Waals surface area contributed by atoms with Crippen molar-refractivity contribution in [1.82, 2.24) is 10.2 Å². The maximum atomic E-state index is 12.5. The first-order valence-corrected chi connectivity index (χ1v) is 9.44. The normalized spacial score (nSPS) is 14.4. The molecule has 1 fully saturated rings. The molecule has 12 nitrogen and oxygen atoms in total. The first kappa shape index (κ1) is 24.3. The molecule has 1 saturated heterocycles. The van der Waals surface area contributed by atoms with E-state index in [-0.39, 0.29) is 30.2 Å². The van der Waals surface area contributed by atoms with Gasteiger partial charge in [-0.3, -0.25) is 14.9 Å². The fourth-order valence-electron chi connectivity index (χ4n) is 2.88. The third-order valence-corrected chi connectivity index (χ3v) is 4.37. The standard InChI is InChI=1S/C20H24N4O8/c1-20(2,3)32-19(27)23-9-12(10-23)22-18(26)13(8-21)16(25)11-6-14(24(28)29)17(31-5)15(7-11)30-4/h6-7,12,25H,9-10H2,1-5H3,(H,22,26)/b16-13-. The number of nitrogens with one attached hydrogen (secondary N) is 1. The molecule has 12 heteroatoms. The Bertz CT molecular complexity index is 1000. The topological polar surface area (TPSA) is 164 Å².